The smallest absolute Gasteiger partial charge is 0.253 e. The maximum atomic E-state index is 12.5. The average Bonchev–Trinajstić information content (AvgIpc) is 3.38. The maximum Gasteiger partial charge on any atom is 0.253 e. The minimum absolute atomic E-state index is 0.182. The molecule has 0 saturated carbocycles. The zero-order chi connectivity index (χ0) is 23.8. The van der Waals surface area contributed by atoms with Gasteiger partial charge in [-0.25, -0.2) is 0 Å². The molecule has 176 valence electrons. The zero-order valence-corrected chi connectivity index (χ0v) is 18.7. The highest BCUT2D eigenvalue weighted by molar-refractivity contribution is 6.00. The molecule has 2 aromatic carbocycles. The van der Waals surface area contributed by atoms with E-state index in [1.54, 1.807) is 24.3 Å². The van der Waals surface area contributed by atoms with E-state index in [0.29, 0.717) is 41.7 Å². The van der Waals surface area contributed by atoms with Crippen LogP contribution in [0, 0.1) is 0 Å². The molecule has 0 aromatic heterocycles. The predicted octanol–water partition coefficient (Wildman–Crippen LogP) is 2.20. The number of carbonyl (C=O) groups is 3. The van der Waals surface area contributed by atoms with Crippen LogP contribution in [0.15, 0.2) is 36.4 Å². The third-order valence-corrected chi connectivity index (χ3v) is 4.99. The first-order valence-corrected chi connectivity index (χ1v) is 10.4. The van der Waals surface area contributed by atoms with E-state index in [9.17, 15) is 14.4 Å². The van der Waals surface area contributed by atoms with E-state index in [4.69, 9.17) is 18.9 Å². The fourth-order valence-corrected chi connectivity index (χ4v) is 3.32. The molecule has 3 N–H and O–H groups in total. The molecular formula is C23H27N3O7. The van der Waals surface area contributed by atoms with Crippen molar-refractivity contribution >= 4 is 29.1 Å². The number of methoxy groups -OCH3 is 3. The van der Waals surface area contributed by atoms with Crippen LogP contribution in [0.5, 0.6) is 17.2 Å². The van der Waals surface area contributed by atoms with Crippen LogP contribution in [0.2, 0.25) is 0 Å². The third-order valence-electron chi connectivity index (χ3n) is 4.99. The van der Waals surface area contributed by atoms with Crippen molar-refractivity contribution in [3.8, 4) is 17.2 Å². The molecule has 1 saturated heterocycles. The molecule has 1 unspecified atom stereocenters. The Hall–Kier alpha value is -3.79. The summed E-state index contributed by atoms with van der Waals surface area (Å²) < 4.78 is 21.1. The third kappa shape index (κ3) is 6.13. The number of benzene rings is 2. The highest BCUT2D eigenvalue weighted by atomic mass is 16.5. The summed E-state index contributed by atoms with van der Waals surface area (Å²) in [6.07, 6.45) is 1.17. The van der Waals surface area contributed by atoms with Crippen LogP contribution in [0.1, 0.15) is 23.2 Å². The lowest BCUT2D eigenvalue weighted by atomic mass is 10.1. The number of anilines is 2. The maximum absolute atomic E-state index is 12.5. The monoisotopic (exact) mass is 457 g/mol. The second-order valence-corrected chi connectivity index (χ2v) is 7.21. The number of hydrogen-bond acceptors (Lipinski definition) is 7. The quantitative estimate of drug-likeness (QED) is 0.527. The van der Waals surface area contributed by atoms with Crippen LogP contribution in [0.4, 0.5) is 11.4 Å². The molecule has 0 radical (unpaired) electrons. The molecular weight excluding hydrogens is 430 g/mol. The normalized spacial score (nSPS) is 14.8. The Kier molecular flexibility index (Phi) is 8.09. The molecule has 2 aromatic rings. The van der Waals surface area contributed by atoms with Gasteiger partial charge in [-0.05, 0) is 49.2 Å². The molecule has 1 heterocycles. The van der Waals surface area contributed by atoms with Gasteiger partial charge in [-0.2, -0.15) is 0 Å². The van der Waals surface area contributed by atoms with E-state index in [2.05, 4.69) is 16.0 Å². The number of amides is 3. The van der Waals surface area contributed by atoms with Gasteiger partial charge in [-0.15, -0.1) is 0 Å². The largest absolute Gasteiger partial charge is 0.493 e. The first-order chi connectivity index (χ1) is 15.9. The summed E-state index contributed by atoms with van der Waals surface area (Å²) in [6.45, 7) is 0.353. The van der Waals surface area contributed by atoms with Crippen LogP contribution in [-0.2, 0) is 14.3 Å². The summed E-state index contributed by atoms with van der Waals surface area (Å²) in [7, 11) is 4.37. The number of carbonyl (C=O) groups excluding carboxylic acids is 3. The van der Waals surface area contributed by atoms with Crippen molar-refractivity contribution in [3.05, 3.63) is 42.0 Å². The van der Waals surface area contributed by atoms with Crippen LogP contribution >= 0.6 is 0 Å². The molecule has 3 amide bonds. The van der Waals surface area contributed by atoms with Crippen molar-refractivity contribution in [2.45, 2.75) is 18.9 Å². The van der Waals surface area contributed by atoms with E-state index >= 15 is 0 Å². The standard InChI is InChI=1S/C23H27N3O7/c1-30-18-11-14(12-19(31-2)21(18)32-3)22(28)24-13-20(27)25-15-6-8-16(9-7-15)26-23(29)17-5-4-10-33-17/h6-9,11-12,17H,4-5,10,13H2,1-3H3,(H,24,28)(H,25,27)(H,26,29). The molecule has 0 aliphatic carbocycles. The Labute approximate surface area is 191 Å². The van der Waals surface area contributed by atoms with Crippen LogP contribution in [-0.4, -0.2) is 58.3 Å². The summed E-state index contributed by atoms with van der Waals surface area (Å²) in [4.78, 5) is 36.8. The van der Waals surface area contributed by atoms with Crippen LogP contribution in [0.3, 0.4) is 0 Å². The Balaban J connectivity index is 1.52. The van der Waals surface area contributed by atoms with Gasteiger partial charge in [0.15, 0.2) is 11.5 Å². The second-order valence-electron chi connectivity index (χ2n) is 7.21. The predicted molar refractivity (Wildman–Crippen MR) is 121 cm³/mol. The van der Waals surface area contributed by atoms with Crippen molar-refractivity contribution < 1.29 is 33.3 Å². The van der Waals surface area contributed by atoms with Gasteiger partial charge in [0.2, 0.25) is 11.7 Å². The molecule has 1 fully saturated rings. The minimum Gasteiger partial charge on any atom is -0.493 e. The summed E-state index contributed by atoms with van der Waals surface area (Å²) in [5.41, 5.74) is 1.38. The summed E-state index contributed by atoms with van der Waals surface area (Å²) in [5.74, 6) is -0.0386. The Bertz CT molecular complexity index is 977. The van der Waals surface area contributed by atoms with Crippen LogP contribution in [0.25, 0.3) is 0 Å². The summed E-state index contributed by atoms with van der Waals surface area (Å²) in [5, 5.41) is 8.03. The van der Waals surface area contributed by atoms with E-state index in [1.807, 2.05) is 0 Å². The van der Waals surface area contributed by atoms with Gasteiger partial charge in [0.1, 0.15) is 6.10 Å². The lowest BCUT2D eigenvalue weighted by Crippen LogP contribution is -2.32. The van der Waals surface area contributed by atoms with E-state index in [1.165, 1.54) is 33.5 Å². The van der Waals surface area contributed by atoms with E-state index in [-0.39, 0.29) is 18.0 Å². The summed E-state index contributed by atoms with van der Waals surface area (Å²) in [6, 6.07) is 9.67. The van der Waals surface area contributed by atoms with E-state index in [0.717, 1.165) is 6.42 Å². The van der Waals surface area contributed by atoms with Crippen molar-refractivity contribution in [3.63, 3.8) is 0 Å². The van der Waals surface area contributed by atoms with Gasteiger partial charge in [0.25, 0.3) is 11.8 Å². The Morgan fingerprint density at radius 3 is 2.06 bits per heavy atom. The van der Waals surface area contributed by atoms with Crippen molar-refractivity contribution in [1.82, 2.24) is 5.32 Å². The molecule has 0 bridgehead atoms. The molecule has 0 spiro atoms. The number of ether oxygens (including phenoxy) is 4. The Morgan fingerprint density at radius 1 is 0.939 bits per heavy atom. The molecule has 1 atom stereocenters. The molecule has 10 heteroatoms. The molecule has 3 rings (SSSR count). The lowest BCUT2D eigenvalue weighted by molar-refractivity contribution is -0.124. The van der Waals surface area contributed by atoms with Crippen molar-refractivity contribution in [2.24, 2.45) is 0 Å². The lowest BCUT2D eigenvalue weighted by Gasteiger charge is -2.14. The molecule has 1 aliphatic rings. The van der Waals surface area contributed by atoms with Gasteiger partial charge >= 0.3 is 0 Å². The fraction of sp³-hybridized carbons (Fsp3) is 0.348. The van der Waals surface area contributed by atoms with Crippen molar-refractivity contribution in [2.75, 3.05) is 45.1 Å². The zero-order valence-electron chi connectivity index (χ0n) is 18.7. The Morgan fingerprint density at radius 2 is 1.55 bits per heavy atom. The van der Waals surface area contributed by atoms with Crippen molar-refractivity contribution in [1.29, 1.82) is 0 Å². The second kappa shape index (κ2) is 11.2. The first-order valence-electron chi connectivity index (χ1n) is 10.4. The van der Waals surface area contributed by atoms with Gasteiger partial charge < -0.3 is 34.9 Å². The van der Waals surface area contributed by atoms with Gasteiger partial charge in [-0.1, -0.05) is 0 Å². The first kappa shape index (κ1) is 23.9. The molecule has 1 aliphatic heterocycles. The highest BCUT2D eigenvalue weighted by Crippen LogP contribution is 2.38. The number of hydrogen-bond donors (Lipinski definition) is 3. The fourth-order valence-electron chi connectivity index (χ4n) is 3.32. The minimum atomic E-state index is -0.475. The summed E-state index contributed by atoms with van der Waals surface area (Å²) >= 11 is 0. The van der Waals surface area contributed by atoms with Crippen LogP contribution < -0.4 is 30.2 Å². The van der Waals surface area contributed by atoms with Gasteiger partial charge in [-0.3, -0.25) is 14.4 Å². The average molecular weight is 457 g/mol. The topological polar surface area (TPSA) is 124 Å². The molecule has 33 heavy (non-hydrogen) atoms. The van der Waals surface area contributed by atoms with E-state index < -0.39 is 17.9 Å². The number of nitrogens with one attached hydrogen (secondary N) is 3. The molecule has 10 nitrogen and oxygen atoms in total. The SMILES string of the molecule is COc1cc(C(=O)NCC(=O)Nc2ccc(NC(=O)C3CCCO3)cc2)cc(OC)c1OC. The highest BCUT2D eigenvalue weighted by Gasteiger charge is 2.23. The van der Waals surface area contributed by atoms with Gasteiger partial charge in [0, 0.05) is 23.5 Å². The van der Waals surface area contributed by atoms with Gasteiger partial charge in [0.05, 0.1) is 27.9 Å². The number of rotatable bonds is 9.